The Balaban J connectivity index is 5.69. The largest absolute Gasteiger partial charge is 0.481 e. The van der Waals surface area contributed by atoms with Crippen molar-refractivity contribution < 1.29 is 67.0 Å². The topological polar surface area (TPSA) is 37.3 Å². The summed E-state index contributed by atoms with van der Waals surface area (Å²) >= 11 is 0. The number of halogens is 13. The lowest BCUT2D eigenvalue weighted by atomic mass is 9.84. The highest BCUT2D eigenvalue weighted by molar-refractivity contribution is 5.71. The number of unbranched alkanes of at least 4 members (excludes halogenated alkanes) is 7. The molecule has 198 valence electrons. The van der Waals surface area contributed by atoms with Crippen molar-refractivity contribution in [2.24, 2.45) is 5.92 Å². The van der Waals surface area contributed by atoms with Gasteiger partial charge in [0.2, 0.25) is 0 Å². The van der Waals surface area contributed by atoms with Crippen LogP contribution in [0.15, 0.2) is 0 Å². The summed E-state index contributed by atoms with van der Waals surface area (Å²) in [5.41, 5.74) is 0. The van der Waals surface area contributed by atoms with E-state index in [0.29, 0.717) is 19.3 Å². The van der Waals surface area contributed by atoms with E-state index in [4.69, 9.17) is 5.11 Å². The van der Waals surface area contributed by atoms with E-state index in [1.807, 2.05) is 6.92 Å². The lowest BCUT2D eigenvalue weighted by Gasteiger charge is -2.41. The normalized spacial score (nSPS) is 15.6. The van der Waals surface area contributed by atoms with E-state index in [1.165, 1.54) is 0 Å². The molecule has 0 saturated heterocycles. The van der Waals surface area contributed by atoms with Gasteiger partial charge in [-0.2, -0.15) is 57.1 Å². The van der Waals surface area contributed by atoms with Gasteiger partial charge < -0.3 is 5.11 Å². The minimum atomic E-state index is -8.03. The molecular weight excluding hydrogens is 495 g/mol. The maximum absolute atomic E-state index is 14.1. The van der Waals surface area contributed by atoms with Gasteiger partial charge in [-0.1, -0.05) is 58.3 Å². The molecule has 0 aromatic rings. The molecule has 1 N–H and O–H groups in total. The van der Waals surface area contributed by atoms with Crippen LogP contribution in [0.1, 0.15) is 64.7 Å². The van der Waals surface area contributed by atoms with Gasteiger partial charge in [-0.15, -0.1) is 0 Å². The summed E-state index contributed by atoms with van der Waals surface area (Å²) < 4.78 is 171. The minimum absolute atomic E-state index is 0.0315. The Labute approximate surface area is 180 Å². The lowest BCUT2D eigenvalue weighted by Crippen LogP contribution is -2.71. The zero-order valence-corrected chi connectivity index (χ0v) is 17.2. The molecule has 0 bridgehead atoms. The highest BCUT2D eigenvalue weighted by Crippen LogP contribution is 2.61. The lowest BCUT2D eigenvalue weighted by molar-refractivity contribution is -0.442. The highest BCUT2D eigenvalue weighted by Gasteiger charge is 2.91. The summed E-state index contributed by atoms with van der Waals surface area (Å²) in [6.45, 7) is 1.92. The molecule has 2 nitrogen and oxygen atoms in total. The molecule has 0 heterocycles. The van der Waals surface area contributed by atoms with Crippen LogP contribution in [0, 0.1) is 5.92 Å². The van der Waals surface area contributed by atoms with E-state index in [1.54, 1.807) is 0 Å². The molecule has 1 unspecified atom stereocenters. The van der Waals surface area contributed by atoms with Crippen LogP contribution in [0.4, 0.5) is 57.1 Å². The van der Waals surface area contributed by atoms with Crippen LogP contribution >= 0.6 is 0 Å². The van der Waals surface area contributed by atoms with Gasteiger partial charge in [0.05, 0.1) is 0 Å². The fourth-order valence-electron chi connectivity index (χ4n) is 2.94. The number of hydrogen-bond acceptors (Lipinski definition) is 1. The van der Waals surface area contributed by atoms with Crippen molar-refractivity contribution in [3.05, 3.63) is 0 Å². The number of alkyl halides is 13. The Kier molecular flexibility index (Phi) is 10.4. The van der Waals surface area contributed by atoms with E-state index in [0.717, 1.165) is 19.3 Å². The fraction of sp³-hybridized carbons (Fsp3) is 0.944. The molecule has 0 rings (SSSR count). The van der Waals surface area contributed by atoms with Gasteiger partial charge in [0.15, 0.2) is 0 Å². The molecule has 0 aromatic carbocycles. The maximum Gasteiger partial charge on any atom is 0.460 e. The Morgan fingerprint density at radius 3 is 1.33 bits per heavy atom. The second kappa shape index (κ2) is 10.9. The molecule has 0 saturated carbocycles. The van der Waals surface area contributed by atoms with Gasteiger partial charge in [-0.25, -0.2) is 0 Å². The third-order valence-corrected chi connectivity index (χ3v) is 5.04. The van der Waals surface area contributed by atoms with Crippen LogP contribution in [-0.4, -0.2) is 46.9 Å². The van der Waals surface area contributed by atoms with Gasteiger partial charge in [0.1, 0.15) is 5.92 Å². The zero-order valence-electron chi connectivity index (χ0n) is 17.2. The zero-order chi connectivity index (χ0) is 26.5. The summed E-state index contributed by atoms with van der Waals surface area (Å²) in [7, 11) is 0. The number of carboxylic acid groups (broad SMARTS) is 1. The van der Waals surface area contributed by atoms with Crippen LogP contribution in [0.3, 0.4) is 0 Å². The molecule has 0 aliphatic carbocycles. The van der Waals surface area contributed by atoms with E-state index < -0.39 is 60.5 Å². The number of carboxylic acids is 1. The molecule has 0 radical (unpaired) electrons. The van der Waals surface area contributed by atoms with Crippen molar-refractivity contribution >= 4 is 5.97 Å². The maximum atomic E-state index is 14.1. The summed E-state index contributed by atoms with van der Waals surface area (Å²) in [4.78, 5) is 11.0. The Morgan fingerprint density at radius 1 is 0.606 bits per heavy atom. The van der Waals surface area contributed by atoms with Crippen molar-refractivity contribution in [2.75, 3.05) is 0 Å². The predicted molar refractivity (Wildman–Crippen MR) is 89.1 cm³/mol. The monoisotopic (exact) mass is 518 g/mol. The first kappa shape index (κ1) is 31.6. The Bertz CT molecular complexity index is 629. The predicted octanol–water partition coefficient (Wildman–Crippen LogP) is 7.96. The fourth-order valence-corrected chi connectivity index (χ4v) is 2.94. The first-order valence-corrected chi connectivity index (χ1v) is 9.83. The van der Waals surface area contributed by atoms with E-state index in [2.05, 4.69) is 0 Å². The van der Waals surface area contributed by atoms with Gasteiger partial charge >= 0.3 is 41.8 Å². The average Bonchev–Trinajstić information content (AvgIpc) is 2.64. The van der Waals surface area contributed by atoms with Crippen molar-refractivity contribution in [3.63, 3.8) is 0 Å². The van der Waals surface area contributed by atoms with Gasteiger partial charge in [0.25, 0.3) is 0 Å². The Morgan fingerprint density at radius 2 is 0.970 bits per heavy atom. The van der Waals surface area contributed by atoms with Crippen LogP contribution in [0.2, 0.25) is 0 Å². The van der Waals surface area contributed by atoms with Crippen molar-refractivity contribution in [3.8, 4) is 0 Å². The summed E-state index contributed by atoms with van der Waals surface area (Å²) in [5.74, 6) is -44.6. The van der Waals surface area contributed by atoms with Gasteiger partial charge in [-0.05, 0) is 6.42 Å². The molecule has 0 fully saturated rings. The first-order valence-electron chi connectivity index (χ1n) is 9.83. The number of carbonyl (C=O) groups is 1. The molecule has 0 amide bonds. The average molecular weight is 518 g/mol. The molecule has 0 spiro atoms. The number of rotatable bonds is 15. The first-order chi connectivity index (χ1) is 14.6. The van der Waals surface area contributed by atoms with Crippen molar-refractivity contribution in [2.45, 2.75) is 101 Å². The second-order valence-electron chi connectivity index (χ2n) is 7.57. The summed E-state index contributed by atoms with van der Waals surface area (Å²) in [6.07, 6.45) is -5.35. The van der Waals surface area contributed by atoms with E-state index >= 15 is 0 Å². The highest BCUT2D eigenvalue weighted by atomic mass is 19.4. The number of hydrogen-bond donors (Lipinski definition) is 1. The standard InChI is InChI=1S/C18H23F13O2/c1-2-3-4-5-6-7-8-9-10-11(12(32)33)13(19,20)14(21,22)15(23,24)16(25,26)17(27,28)18(29,30)31/h11H,2-10H2,1H3,(H,32,33). The van der Waals surface area contributed by atoms with Crippen LogP contribution in [0.5, 0.6) is 0 Å². The molecule has 1 atom stereocenters. The minimum Gasteiger partial charge on any atom is -0.481 e. The van der Waals surface area contributed by atoms with Crippen molar-refractivity contribution in [1.29, 1.82) is 0 Å². The third-order valence-electron chi connectivity index (χ3n) is 5.04. The molecule has 0 aliphatic heterocycles. The Hall–Kier alpha value is -1.44. The quantitative estimate of drug-likeness (QED) is 0.176. The van der Waals surface area contributed by atoms with E-state index in [-0.39, 0.29) is 6.42 Å². The third kappa shape index (κ3) is 6.17. The summed E-state index contributed by atoms with van der Waals surface area (Å²) in [5, 5.41) is 8.76. The van der Waals surface area contributed by atoms with Gasteiger partial charge in [-0.3, -0.25) is 4.79 Å². The molecule has 0 aromatic heterocycles. The summed E-state index contributed by atoms with van der Waals surface area (Å²) in [6, 6.07) is 0. The molecular formula is C18H23F13O2. The second-order valence-corrected chi connectivity index (χ2v) is 7.57. The van der Waals surface area contributed by atoms with Crippen molar-refractivity contribution in [1.82, 2.24) is 0 Å². The van der Waals surface area contributed by atoms with Crippen LogP contribution in [0.25, 0.3) is 0 Å². The van der Waals surface area contributed by atoms with Gasteiger partial charge in [0, 0.05) is 0 Å². The molecule has 0 aliphatic rings. The van der Waals surface area contributed by atoms with Crippen LogP contribution in [-0.2, 0) is 4.79 Å². The van der Waals surface area contributed by atoms with Crippen LogP contribution < -0.4 is 0 Å². The smallest absolute Gasteiger partial charge is 0.460 e. The van der Waals surface area contributed by atoms with E-state index in [9.17, 15) is 61.9 Å². The SMILES string of the molecule is CCCCCCCCCCC(C(=O)O)C(F)(F)C(F)(F)C(F)(F)C(F)(F)C(F)(F)C(F)(F)F. The molecule has 33 heavy (non-hydrogen) atoms. The number of aliphatic carboxylic acids is 1. The molecule has 15 heteroatoms.